The number of aryl methyl sites for hydroxylation is 2. The molecule has 0 spiro atoms. The van der Waals surface area contributed by atoms with Crippen LogP contribution in [0.3, 0.4) is 0 Å². The SMILES string of the molecule is CC(=O)NC1CCCc2c1[nH]c1ccc(C(=O)Nc3cccnc3)cc21.CI.NC1CCCc2c1[nH]c1ccc(C(=O)Nc3cccnc3)cc21. The number of benzene rings is 2. The largest absolute Gasteiger partial charge is 0.357 e. The first-order valence-electron chi connectivity index (χ1n) is 17.0. The fourth-order valence-electron chi connectivity index (χ4n) is 6.91. The summed E-state index contributed by atoms with van der Waals surface area (Å²) >= 11 is 2.15. The van der Waals surface area contributed by atoms with E-state index in [1.807, 2.05) is 47.4 Å². The van der Waals surface area contributed by atoms with Gasteiger partial charge in [-0.25, -0.2) is 0 Å². The van der Waals surface area contributed by atoms with Gasteiger partial charge in [-0.05, 0) is 115 Å². The Morgan fingerprint density at radius 3 is 1.76 bits per heavy atom. The Morgan fingerprint density at radius 2 is 1.25 bits per heavy atom. The molecule has 4 aromatic heterocycles. The molecule has 2 aliphatic carbocycles. The highest BCUT2D eigenvalue weighted by atomic mass is 127. The van der Waals surface area contributed by atoms with Crippen molar-refractivity contribution in [1.29, 1.82) is 0 Å². The summed E-state index contributed by atoms with van der Waals surface area (Å²) in [5, 5.41) is 10.9. The molecule has 0 aliphatic heterocycles. The average Bonchev–Trinajstić information content (AvgIpc) is 3.73. The zero-order chi connectivity index (χ0) is 35.9. The van der Waals surface area contributed by atoms with Crippen molar-refractivity contribution < 1.29 is 14.4 Å². The number of pyridine rings is 2. The van der Waals surface area contributed by atoms with Crippen LogP contribution in [0.25, 0.3) is 21.8 Å². The van der Waals surface area contributed by atoms with Gasteiger partial charge in [0, 0.05) is 69.7 Å². The summed E-state index contributed by atoms with van der Waals surface area (Å²) in [6.07, 6.45) is 12.6. The second kappa shape index (κ2) is 16.3. The van der Waals surface area contributed by atoms with Gasteiger partial charge in [-0.1, -0.05) is 22.6 Å². The van der Waals surface area contributed by atoms with Crippen molar-refractivity contribution in [3.05, 3.63) is 119 Å². The highest BCUT2D eigenvalue weighted by molar-refractivity contribution is 14.1. The lowest BCUT2D eigenvalue weighted by Crippen LogP contribution is -2.28. The van der Waals surface area contributed by atoms with Crippen LogP contribution >= 0.6 is 22.6 Å². The van der Waals surface area contributed by atoms with Gasteiger partial charge < -0.3 is 31.7 Å². The second-order valence-corrected chi connectivity index (χ2v) is 12.6. The van der Waals surface area contributed by atoms with Crippen molar-refractivity contribution in [3.8, 4) is 0 Å². The Labute approximate surface area is 309 Å². The van der Waals surface area contributed by atoms with Crippen LogP contribution in [0.15, 0.2) is 85.5 Å². The number of H-pyrrole nitrogens is 2. The number of fused-ring (bicyclic) bond motifs is 6. The molecule has 2 aromatic carbocycles. The molecule has 4 heterocycles. The van der Waals surface area contributed by atoms with Gasteiger partial charge >= 0.3 is 0 Å². The van der Waals surface area contributed by atoms with E-state index in [0.717, 1.165) is 71.7 Å². The zero-order valence-corrected chi connectivity index (χ0v) is 30.7. The van der Waals surface area contributed by atoms with Crippen molar-refractivity contribution >= 4 is 73.5 Å². The number of hydrogen-bond acceptors (Lipinski definition) is 6. The second-order valence-electron chi connectivity index (χ2n) is 12.6. The third kappa shape index (κ3) is 8.12. The molecule has 11 nitrogen and oxygen atoms in total. The van der Waals surface area contributed by atoms with Crippen LogP contribution in [0.2, 0.25) is 0 Å². The smallest absolute Gasteiger partial charge is 0.255 e. The number of nitrogens with zero attached hydrogens (tertiary/aromatic N) is 2. The number of rotatable bonds is 5. The number of amides is 3. The molecule has 0 saturated carbocycles. The fourth-order valence-corrected chi connectivity index (χ4v) is 6.91. The molecule has 0 radical (unpaired) electrons. The number of aromatic nitrogens is 4. The molecule has 2 aliphatic rings. The minimum atomic E-state index is -0.163. The van der Waals surface area contributed by atoms with E-state index in [1.165, 1.54) is 18.1 Å². The summed E-state index contributed by atoms with van der Waals surface area (Å²) < 4.78 is 0. The number of nitrogens with one attached hydrogen (secondary N) is 5. The molecule has 3 amide bonds. The van der Waals surface area contributed by atoms with Crippen molar-refractivity contribution in [2.45, 2.75) is 57.5 Å². The molecule has 2 unspecified atom stereocenters. The number of carbonyl (C=O) groups is 3. The third-order valence-corrected chi connectivity index (χ3v) is 9.20. The van der Waals surface area contributed by atoms with E-state index in [2.05, 4.69) is 58.5 Å². The van der Waals surface area contributed by atoms with Crippen LogP contribution < -0.4 is 21.7 Å². The molecule has 262 valence electrons. The summed E-state index contributed by atoms with van der Waals surface area (Å²) in [5.74, 6) is -0.322. The van der Waals surface area contributed by atoms with E-state index in [0.29, 0.717) is 22.5 Å². The van der Waals surface area contributed by atoms with Crippen molar-refractivity contribution in [1.82, 2.24) is 25.3 Å². The fraction of sp³-hybridized carbons (Fsp3) is 0.256. The average molecular weight is 797 g/mol. The molecule has 2 atom stereocenters. The van der Waals surface area contributed by atoms with Gasteiger partial charge in [0.25, 0.3) is 11.8 Å². The quantitative estimate of drug-likeness (QED) is 0.0778. The number of alkyl halides is 1. The lowest BCUT2D eigenvalue weighted by molar-refractivity contribution is -0.119. The predicted molar refractivity (Wildman–Crippen MR) is 210 cm³/mol. The number of aromatic amines is 2. The Kier molecular flexibility index (Phi) is 11.4. The highest BCUT2D eigenvalue weighted by Gasteiger charge is 2.25. The molecular weight excluding hydrogens is 755 g/mol. The van der Waals surface area contributed by atoms with Crippen molar-refractivity contribution in [3.63, 3.8) is 0 Å². The molecular formula is C39H41IN8O3. The van der Waals surface area contributed by atoms with Crippen LogP contribution in [0.4, 0.5) is 11.4 Å². The zero-order valence-electron chi connectivity index (χ0n) is 28.6. The lowest BCUT2D eigenvalue weighted by atomic mass is 9.91. The van der Waals surface area contributed by atoms with Crippen LogP contribution in [0.1, 0.15) is 87.9 Å². The molecule has 0 fully saturated rings. The Bertz CT molecular complexity index is 2160. The molecule has 0 bridgehead atoms. The number of carbonyl (C=O) groups excluding carboxylic acids is 3. The van der Waals surface area contributed by atoms with Crippen LogP contribution in [0.5, 0.6) is 0 Å². The summed E-state index contributed by atoms with van der Waals surface area (Å²) in [4.78, 5) is 53.3. The van der Waals surface area contributed by atoms with E-state index in [1.54, 1.807) is 43.0 Å². The minimum Gasteiger partial charge on any atom is -0.357 e. The van der Waals surface area contributed by atoms with Crippen molar-refractivity contribution in [2.75, 3.05) is 15.6 Å². The van der Waals surface area contributed by atoms with Gasteiger partial charge in [0.2, 0.25) is 5.91 Å². The van der Waals surface area contributed by atoms with Gasteiger partial charge in [-0.3, -0.25) is 24.4 Å². The maximum Gasteiger partial charge on any atom is 0.255 e. The van der Waals surface area contributed by atoms with Gasteiger partial charge in [-0.15, -0.1) is 0 Å². The van der Waals surface area contributed by atoms with Gasteiger partial charge in [0.05, 0.1) is 29.8 Å². The Morgan fingerprint density at radius 1 is 0.745 bits per heavy atom. The summed E-state index contributed by atoms with van der Waals surface area (Å²) in [5.41, 5.74) is 15.5. The first-order valence-corrected chi connectivity index (χ1v) is 19.1. The van der Waals surface area contributed by atoms with Crippen molar-refractivity contribution in [2.24, 2.45) is 5.73 Å². The molecule has 6 aromatic rings. The Balaban J connectivity index is 0.000000169. The molecule has 0 saturated heterocycles. The molecule has 7 N–H and O–H groups in total. The summed E-state index contributed by atoms with van der Waals surface area (Å²) in [6, 6.07) is 18.7. The minimum absolute atomic E-state index is 0.0105. The third-order valence-electron chi connectivity index (χ3n) is 9.20. The predicted octanol–water partition coefficient (Wildman–Crippen LogP) is 7.53. The first kappa shape index (κ1) is 35.7. The van der Waals surface area contributed by atoms with E-state index in [4.69, 9.17) is 5.73 Å². The number of anilines is 2. The summed E-state index contributed by atoms with van der Waals surface area (Å²) in [7, 11) is 0. The lowest BCUT2D eigenvalue weighted by Gasteiger charge is -2.23. The van der Waals surface area contributed by atoms with Gasteiger partial charge in [0.15, 0.2) is 0 Å². The standard InChI is InChI=1S/C20H20N4O2.C18H18N4O.CH3I/c1-12(25)22-18-6-2-5-15-16-10-13(7-8-17(16)24-19(15)18)20(26)23-14-4-3-9-21-11-14;19-15-5-1-4-13-14-9-11(6-7-16(14)22-17(13)15)18(23)21-12-3-2-8-20-10-12;1-2/h3-4,7-11,18,24H,2,5-6H2,1H3,(H,22,25)(H,23,26);2-3,6-10,15,22H,1,4-5,19H2,(H,21,23);1H3. The summed E-state index contributed by atoms with van der Waals surface area (Å²) in [6.45, 7) is 1.54. The van der Waals surface area contributed by atoms with E-state index < -0.39 is 0 Å². The normalized spacial score (nSPS) is 16.0. The van der Waals surface area contributed by atoms with E-state index in [9.17, 15) is 14.4 Å². The molecule has 12 heteroatoms. The van der Waals surface area contributed by atoms with Gasteiger partial charge in [0.1, 0.15) is 0 Å². The maximum absolute atomic E-state index is 12.6. The first-order chi connectivity index (χ1) is 24.8. The Hall–Kier alpha value is -5.08. The van der Waals surface area contributed by atoms with Crippen LogP contribution in [-0.4, -0.2) is 42.6 Å². The molecule has 8 rings (SSSR count). The number of nitrogens with two attached hydrogens (primary N) is 1. The number of hydrogen-bond donors (Lipinski definition) is 6. The van der Waals surface area contributed by atoms with E-state index >= 15 is 0 Å². The van der Waals surface area contributed by atoms with Crippen LogP contribution in [0, 0.1) is 0 Å². The van der Waals surface area contributed by atoms with Crippen LogP contribution in [-0.2, 0) is 17.6 Å². The number of halogens is 1. The topological polar surface area (TPSA) is 171 Å². The maximum atomic E-state index is 12.6. The highest BCUT2D eigenvalue weighted by Crippen LogP contribution is 2.36. The molecule has 51 heavy (non-hydrogen) atoms. The van der Waals surface area contributed by atoms with E-state index in [-0.39, 0.29) is 29.8 Å². The van der Waals surface area contributed by atoms with Gasteiger partial charge in [-0.2, -0.15) is 0 Å². The monoisotopic (exact) mass is 796 g/mol.